The largest absolute Gasteiger partial charge is 0.264 e. The first-order valence-electron chi connectivity index (χ1n) is 11.1. The summed E-state index contributed by atoms with van der Waals surface area (Å²) in [5.41, 5.74) is 2.60. The first-order chi connectivity index (χ1) is 14.7. The summed E-state index contributed by atoms with van der Waals surface area (Å²) in [6, 6.07) is 8.07. The molecule has 0 saturated carbocycles. The summed E-state index contributed by atoms with van der Waals surface area (Å²) in [5, 5.41) is 1.19. The van der Waals surface area contributed by atoms with Crippen molar-refractivity contribution in [1.29, 1.82) is 0 Å². The van der Waals surface area contributed by atoms with E-state index >= 15 is 0 Å². The van der Waals surface area contributed by atoms with Gasteiger partial charge in [0.2, 0.25) is 0 Å². The van der Waals surface area contributed by atoms with E-state index < -0.39 is 0 Å². The van der Waals surface area contributed by atoms with Gasteiger partial charge in [-0.25, -0.2) is 4.98 Å². The van der Waals surface area contributed by atoms with Gasteiger partial charge >= 0.3 is 0 Å². The Morgan fingerprint density at radius 2 is 1.13 bits per heavy atom. The van der Waals surface area contributed by atoms with Crippen LogP contribution >= 0.6 is 27.3 Å². The minimum Gasteiger partial charge on any atom is -0.264 e. The van der Waals surface area contributed by atoms with E-state index in [0.717, 1.165) is 23.0 Å². The fourth-order valence-corrected chi connectivity index (χ4v) is 2.91. The van der Waals surface area contributed by atoms with E-state index in [1.165, 1.54) is 16.1 Å². The fraction of sp³-hybridized carbons (Fsp3) is 0.480. The summed E-state index contributed by atoms with van der Waals surface area (Å²) in [7, 11) is 0. The molecule has 0 aliphatic carbocycles. The lowest BCUT2D eigenvalue weighted by molar-refractivity contribution is 1.09. The van der Waals surface area contributed by atoms with Crippen molar-refractivity contribution in [2.45, 2.75) is 81.6 Å². The minimum atomic E-state index is 1.04. The van der Waals surface area contributed by atoms with Crippen molar-refractivity contribution in [2.24, 2.45) is 0 Å². The first-order valence-corrected chi connectivity index (χ1v) is 12.7. The molecule has 0 bridgehead atoms. The highest BCUT2D eigenvalue weighted by Crippen LogP contribution is 2.18. The third-order valence-corrected chi connectivity index (χ3v) is 4.71. The number of thiazole rings is 1. The summed E-state index contributed by atoms with van der Waals surface area (Å²) >= 11 is 5.02. The number of halogens is 1. The molecule has 0 radical (unpaired) electrons. The first kappa shape index (κ1) is 33.1. The Balaban J connectivity index is -0.000000323. The van der Waals surface area contributed by atoms with E-state index in [2.05, 4.69) is 63.8 Å². The molecule has 3 heterocycles. The van der Waals surface area contributed by atoms with Crippen molar-refractivity contribution >= 4 is 27.3 Å². The van der Waals surface area contributed by atoms with Gasteiger partial charge in [-0.15, -0.1) is 11.3 Å². The van der Waals surface area contributed by atoms with Gasteiger partial charge in [0.1, 0.15) is 0 Å². The van der Waals surface area contributed by atoms with Crippen LogP contribution in [0.5, 0.6) is 0 Å². The van der Waals surface area contributed by atoms with Crippen molar-refractivity contribution in [1.82, 2.24) is 15.0 Å². The molecule has 0 aliphatic rings. The Labute approximate surface area is 198 Å². The number of nitrogens with zero attached hydrogens (tertiary/aromatic N) is 3. The van der Waals surface area contributed by atoms with Crippen LogP contribution in [0.2, 0.25) is 0 Å². The van der Waals surface area contributed by atoms with Crippen LogP contribution < -0.4 is 0 Å². The molecule has 5 heteroatoms. The molecular weight excluding hydrogens is 454 g/mol. The SMILES string of the molecule is CC.CC.CC.CCc1cccnc1.CCc1cccnc1.CCc1ncc(Br)s1. The van der Waals surface area contributed by atoms with Gasteiger partial charge in [-0.2, -0.15) is 0 Å². The van der Waals surface area contributed by atoms with Gasteiger partial charge in [-0.05, 0) is 58.5 Å². The number of aromatic nitrogens is 3. The van der Waals surface area contributed by atoms with Gasteiger partial charge < -0.3 is 0 Å². The second-order valence-electron chi connectivity index (χ2n) is 4.84. The third kappa shape index (κ3) is 19.7. The molecule has 3 rings (SSSR count). The van der Waals surface area contributed by atoms with Crippen LogP contribution in [0.1, 0.15) is 78.4 Å². The topological polar surface area (TPSA) is 38.7 Å². The zero-order chi connectivity index (χ0) is 23.6. The van der Waals surface area contributed by atoms with Crippen molar-refractivity contribution in [2.75, 3.05) is 0 Å². The van der Waals surface area contributed by atoms with Gasteiger partial charge in [0, 0.05) is 24.8 Å². The summed E-state index contributed by atoms with van der Waals surface area (Å²) in [6.07, 6.45) is 12.4. The minimum absolute atomic E-state index is 1.04. The monoisotopic (exact) mass is 495 g/mol. The summed E-state index contributed by atoms with van der Waals surface area (Å²) in [5.74, 6) is 0. The lowest BCUT2D eigenvalue weighted by Gasteiger charge is -1.88. The van der Waals surface area contributed by atoms with E-state index in [-0.39, 0.29) is 0 Å². The highest BCUT2D eigenvalue weighted by atomic mass is 79.9. The summed E-state index contributed by atoms with van der Waals surface area (Å²) < 4.78 is 1.12. The number of aryl methyl sites for hydroxylation is 3. The molecule has 0 N–H and O–H groups in total. The maximum absolute atomic E-state index is 4.11. The zero-order valence-electron chi connectivity index (χ0n) is 20.4. The standard InChI is InChI=1S/2C7H9N.C5H6BrNS.3C2H6/c2*1-2-7-4-3-5-8-6-7;1-2-5-7-3-4(6)8-5;3*1-2/h2*3-6H,2H2,1H3;3H,2H2,1H3;3*1-2H3. The Bertz CT molecular complexity index is 619. The van der Waals surface area contributed by atoms with E-state index in [1.807, 2.05) is 72.3 Å². The summed E-state index contributed by atoms with van der Waals surface area (Å²) in [4.78, 5) is 12.0. The van der Waals surface area contributed by atoms with Crippen molar-refractivity contribution in [3.05, 3.63) is 75.2 Å². The molecule has 170 valence electrons. The average molecular weight is 497 g/mol. The van der Waals surface area contributed by atoms with Crippen LogP contribution in [0.3, 0.4) is 0 Å². The van der Waals surface area contributed by atoms with Gasteiger partial charge in [-0.3, -0.25) is 9.97 Å². The average Bonchev–Trinajstić information content (AvgIpc) is 3.30. The van der Waals surface area contributed by atoms with E-state index in [0.29, 0.717) is 0 Å². The third-order valence-electron chi connectivity index (χ3n) is 3.09. The predicted octanol–water partition coefficient (Wildman–Crippen LogP) is 8.83. The molecule has 0 aliphatic heterocycles. The molecule has 3 nitrogen and oxygen atoms in total. The zero-order valence-corrected chi connectivity index (χ0v) is 22.8. The number of rotatable bonds is 3. The van der Waals surface area contributed by atoms with Gasteiger partial charge in [0.25, 0.3) is 0 Å². The highest BCUT2D eigenvalue weighted by molar-refractivity contribution is 9.11. The van der Waals surface area contributed by atoms with Crippen LogP contribution in [0.15, 0.2) is 59.0 Å². The number of pyridine rings is 2. The molecule has 3 aromatic rings. The molecule has 0 atom stereocenters. The van der Waals surface area contributed by atoms with Crippen LogP contribution in [0.25, 0.3) is 0 Å². The second kappa shape index (κ2) is 27.4. The van der Waals surface area contributed by atoms with E-state index in [4.69, 9.17) is 0 Å². The normalized spacial score (nSPS) is 8.07. The lowest BCUT2D eigenvalue weighted by Crippen LogP contribution is -1.77. The maximum atomic E-state index is 4.11. The number of hydrogen-bond donors (Lipinski definition) is 0. The lowest BCUT2D eigenvalue weighted by atomic mass is 10.2. The molecule has 0 amide bonds. The highest BCUT2D eigenvalue weighted by Gasteiger charge is 1.92. The van der Waals surface area contributed by atoms with Crippen LogP contribution in [-0.4, -0.2) is 15.0 Å². The molecule has 30 heavy (non-hydrogen) atoms. The van der Waals surface area contributed by atoms with Crippen LogP contribution in [-0.2, 0) is 19.3 Å². The molecule has 0 spiro atoms. The van der Waals surface area contributed by atoms with Crippen molar-refractivity contribution < 1.29 is 0 Å². The van der Waals surface area contributed by atoms with Gasteiger partial charge in [-0.1, -0.05) is 74.4 Å². The molecule has 0 aromatic carbocycles. The van der Waals surface area contributed by atoms with Crippen LogP contribution in [0.4, 0.5) is 0 Å². The smallest absolute Gasteiger partial charge is 0.0934 e. The van der Waals surface area contributed by atoms with Crippen molar-refractivity contribution in [3.8, 4) is 0 Å². The summed E-state index contributed by atoms with van der Waals surface area (Å²) in [6.45, 7) is 18.3. The van der Waals surface area contributed by atoms with Gasteiger partial charge in [0.05, 0.1) is 15.0 Å². The Kier molecular flexibility index (Phi) is 30.2. The molecule has 0 fully saturated rings. The molecular formula is C25H42BrN3S. The van der Waals surface area contributed by atoms with E-state index in [1.54, 1.807) is 23.7 Å². The Morgan fingerprint density at radius 3 is 1.30 bits per heavy atom. The van der Waals surface area contributed by atoms with Crippen molar-refractivity contribution in [3.63, 3.8) is 0 Å². The fourth-order valence-electron chi connectivity index (χ4n) is 1.67. The molecule has 0 saturated heterocycles. The molecule has 3 aromatic heterocycles. The Morgan fingerprint density at radius 1 is 0.700 bits per heavy atom. The number of hydrogen-bond acceptors (Lipinski definition) is 4. The maximum Gasteiger partial charge on any atom is 0.0934 e. The predicted molar refractivity (Wildman–Crippen MR) is 140 cm³/mol. The second-order valence-corrected chi connectivity index (χ2v) is 7.34. The Hall–Kier alpha value is -1.59. The van der Waals surface area contributed by atoms with Crippen LogP contribution in [0, 0.1) is 0 Å². The molecule has 0 unspecified atom stereocenters. The van der Waals surface area contributed by atoms with E-state index in [9.17, 15) is 0 Å². The quantitative estimate of drug-likeness (QED) is 0.364. The van der Waals surface area contributed by atoms with Gasteiger partial charge in [0.15, 0.2) is 0 Å².